The number of benzene rings is 1. The first kappa shape index (κ1) is 13.1. The zero-order valence-electron chi connectivity index (χ0n) is 10.9. The molecular weight excluding hydrogens is 244 g/mol. The maximum absolute atomic E-state index is 6.25. The summed E-state index contributed by atoms with van der Waals surface area (Å²) in [6, 6.07) is 7.80. The standard InChI is InChI=1S/C14H18N2OS/c1-9-10(2)18-14(16-9)8-12(15)11-6-4-5-7-13(11)17-3/h4-7,12H,8,15H2,1-3H3. The second kappa shape index (κ2) is 5.50. The summed E-state index contributed by atoms with van der Waals surface area (Å²) >= 11 is 1.72. The van der Waals surface area contributed by atoms with Gasteiger partial charge in [0.25, 0.3) is 0 Å². The van der Waals surface area contributed by atoms with E-state index in [0.29, 0.717) is 0 Å². The molecule has 1 aromatic carbocycles. The third-order valence-corrected chi connectivity index (χ3v) is 4.10. The minimum atomic E-state index is -0.0777. The molecule has 0 amide bonds. The number of nitrogens with two attached hydrogens (primary N) is 1. The Labute approximate surface area is 112 Å². The Morgan fingerprint density at radius 2 is 2.06 bits per heavy atom. The molecule has 2 N–H and O–H groups in total. The molecule has 0 saturated carbocycles. The van der Waals surface area contributed by atoms with Crippen LogP contribution in [-0.2, 0) is 6.42 Å². The van der Waals surface area contributed by atoms with Crippen molar-refractivity contribution in [1.29, 1.82) is 0 Å². The summed E-state index contributed by atoms with van der Waals surface area (Å²) in [7, 11) is 1.67. The van der Waals surface area contributed by atoms with Crippen LogP contribution in [0.4, 0.5) is 0 Å². The van der Waals surface area contributed by atoms with E-state index in [4.69, 9.17) is 10.5 Å². The molecule has 0 spiro atoms. The van der Waals surface area contributed by atoms with Crippen molar-refractivity contribution in [3.8, 4) is 5.75 Å². The molecular formula is C14H18N2OS. The lowest BCUT2D eigenvalue weighted by atomic mass is 10.0. The molecule has 0 aliphatic rings. The molecule has 0 aliphatic carbocycles. The summed E-state index contributed by atoms with van der Waals surface area (Å²) < 4.78 is 5.34. The van der Waals surface area contributed by atoms with Gasteiger partial charge in [-0.15, -0.1) is 11.3 Å². The second-order valence-electron chi connectivity index (χ2n) is 4.30. The molecule has 0 aliphatic heterocycles. The topological polar surface area (TPSA) is 48.1 Å². The zero-order valence-corrected chi connectivity index (χ0v) is 11.8. The molecule has 0 radical (unpaired) electrons. The average Bonchev–Trinajstić information content (AvgIpc) is 2.68. The van der Waals surface area contributed by atoms with Crippen molar-refractivity contribution in [3.63, 3.8) is 0 Å². The Kier molecular flexibility index (Phi) is 3.99. The van der Waals surface area contributed by atoms with Crippen molar-refractivity contribution in [2.24, 2.45) is 5.73 Å². The first-order valence-electron chi connectivity index (χ1n) is 5.93. The fourth-order valence-electron chi connectivity index (χ4n) is 1.90. The van der Waals surface area contributed by atoms with Gasteiger partial charge in [0.15, 0.2) is 0 Å². The van der Waals surface area contributed by atoms with Crippen molar-refractivity contribution < 1.29 is 4.74 Å². The smallest absolute Gasteiger partial charge is 0.123 e. The number of methoxy groups -OCH3 is 1. The van der Waals surface area contributed by atoms with E-state index in [-0.39, 0.29) is 6.04 Å². The maximum atomic E-state index is 6.25. The number of hydrogen-bond donors (Lipinski definition) is 1. The monoisotopic (exact) mass is 262 g/mol. The van der Waals surface area contributed by atoms with Crippen LogP contribution >= 0.6 is 11.3 Å². The fourth-order valence-corrected chi connectivity index (χ4v) is 2.89. The first-order chi connectivity index (χ1) is 8.61. The summed E-state index contributed by atoms with van der Waals surface area (Å²) in [4.78, 5) is 5.79. The summed E-state index contributed by atoms with van der Waals surface area (Å²) in [6.07, 6.45) is 0.750. The van der Waals surface area contributed by atoms with Crippen LogP contribution < -0.4 is 10.5 Å². The highest BCUT2D eigenvalue weighted by molar-refractivity contribution is 7.11. The van der Waals surface area contributed by atoms with Crippen LogP contribution in [-0.4, -0.2) is 12.1 Å². The molecule has 1 heterocycles. The molecule has 1 aromatic heterocycles. The van der Waals surface area contributed by atoms with Crippen molar-refractivity contribution >= 4 is 11.3 Å². The Hall–Kier alpha value is -1.39. The van der Waals surface area contributed by atoms with Gasteiger partial charge >= 0.3 is 0 Å². The molecule has 0 bridgehead atoms. The summed E-state index contributed by atoms with van der Waals surface area (Å²) in [5, 5.41) is 1.09. The normalized spacial score (nSPS) is 12.4. The van der Waals surface area contributed by atoms with Gasteiger partial charge in [-0.2, -0.15) is 0 Å². The number of nitrogens with zero attached hydrogens (tertiary/aromatic N) is 1. The van der Waals surface area contributed by atoms with Gasteiger partial charge in [-0.05, 0) is 19.9 Å². The van der Waals surface area contributed by atoms with E-state index in [2.05, 4.69) is 11.9 Å². The van der Waals surface area contributed by atoms with E-state index in [1.807, 2.05) is 31.2 Å². The molecule has 0 fully saturated rings. The van der Waals surface area contributed by atoms with Gasteiger partial charge in [-0.3, -0.25) is 0 Å². The molecule has 3 nitrogen and oxygen atoms in total. The Morgan fingerprint density at radius 1 is 1.33 bits per heavy atom. The lowest BCUT2D eigenvalue weighted by molar-refractivity contribution is 0.405. The van der Waals surface area contributed by atoms with Crippen molar-refractivity contribution in [2.45, 2.75) is 26.3 Å². The molecule has 96 valence electrons. The van der Waals surface area contributed by atoms with Crippen LogP contribution in [0.2, 0.25) is 0 Å². The van der Waals surface area contributed by atoms with Crippen LogP contribution in [0.1, 0.15) is 27.2 Å². The molecule has 1 unspecified atom stereocenters. The highest BCUT2D eigenvalue weighted by atomic mass is 32.1. The number of aromatic nitrogens is 1. The number of thiazole rings is 1. The lowest BCUT2D eigenvalue weighted by Gasteiger charge is -2.14. The van der Waals surface area contributed by atoms with Crippen molar-refractivity contribution in [1.82, 2.24) is 4.98 Å². The fraction of sp³-hybridized carbons (Fsp3) is 0.357. The third-order valence-electron chi connectivity index (χ3n) is 3.01. The number of ether oxygens (including phenoxy) is 1. The Bertz CT molecular complexity index is 517. The van der Waals surface area contributed by atoms with Gasteiger partial charge in [0.2, 0.25) is 0 Å². The maximum Gasteiger partial charge on any atom is 0.123 e. The SMILES string of the molecule is COc1ccccc1C(N)Cc1nc(C)c(C)s1. The molecule has 2 aromatic rings. The van der Waals surface area contributed by atoms with E-state index in [0.717, 1.165) is 28.4 Å². The zero-order chi connectivity index (χ0) is 13.1. The van der Waals surface area contributed by atoms with E-state index in [1.54, 1.807) is 18.4 Å². The highest BCUT2D eigenvalue weighted by Crippen LogP contribution is 2.27. The number of aryl methyl sites for hydroxylation is 2. The number of hydrogen-bond acceptors (Lipinski definition) is 4. The quantitative estimate of drug-likeness (QED) is 0.921. The average molecular weight is 262 g/mol. The second-order valence-corrected chi connectivity index (χ2v) is 5.59. The van der Waals surface area contributed by atoms with E-state index in [1.165, 1.54) is 4.88 Å². The highest BCUT2D eigenvalue weighted by Gasteiger charge is 2.14. The minimum Gasteiger partial charge on any atom is -0.496 e. The molecule has 2 rings (SSSR count). The van der Waals surface area contributed by atoms with E-state index < -0.39 is 0 Å². The number of para-hydroxylation sites is 1. The van der Waals surface area contributed by atoms with Crippen molar-refractivity contribution in [2.75, 3.05) is 7.11 Å². The van der Waals surface area contributed by atoms with Gasteiger partial charge in [-0.25, -0.2) is 4.98 Å². The van der Waals surface area contributed by atoms with Crippen LogP contribution in [0.5, 0.6) is 5.75 Å². The van der Waals surface area contributed by atoms with Crippen LogP contribution in [0.15, 0.2) is 24.3 Å². The van der Waals surface area contributed by atoms with Gasteiger partial charge in [0, 0.05) is 22.9 Å². The summed E-state index contributed by atoms with van der Waals surface area (Å²) in [5.74, 6) is 0.843. The molecule has 1 atom stereocenters. The molecule has 4 heteroatoms. The first-order valence-corrected chi connectivity index (χ1v) is 6.75. The Balaban J connectivity index is 2.18. The predicted octanol–water partition coefficient (Wildman–Crippen LogP) is 3.01. The van der Waals surface area contributed by atoms with E-state index >= 15 is 0 Å². The van der Waals surface area contributed by atoms with E-state index in [9.17, 15) is 0 Å². The van der Waals surface area contributed by atoms with Crippen LogP contribution in [0.25, 0.3) is 0 Å². The lowest BCUT2D eigenvalue weighted by Crippen LogP contribution is -2.14. The predicted molar refractivity (Wildman–Crippen MR) is 75.2 cm³/mol. The summed E-state index contributed by atoms with van der Waals surface area (Å²) in [6.45, 7) is 4.12. The Morgan fingerprint density at radius 3 is 2.67 bits per heavy atom. The van der Waals surface area contributed by atoms with Gasteiger partial charge in [-0.1, -0.05) is 18.2 Å². The van der Waals surface area contributed by atoms with Crippen molar-refractivity contribution in [3.05, 3.63) is 45.4 Å². The minimum absolute atomic E-state index is 0.0777. The number of rotatable bonds is 4. The molecule has 0 saturated heterocycles. The van der Waals surface area contributed by atoms with Crippen LogP contribution in [0, 0.1) is 13.8 Å². The van der Waals surface area contributed by atoms with Gasteiger partial charge < -0.3 is 10.5 Å². The van der Waals surface area contributed by atoms with Gasteiger partial charge in [0.05, 0.1) is 17.8 Å². The van der Waals surface area contributed by atoms with Crippen LogP contribution in [0.3, 0.4) is 0 Å². The summed E-state index contributed by atoms with van der Waals surface area (Å²) in [5.41, 5.74) is 8.38. The van der Waals surface area contributed by atoms with Gasteiger partial charge in [0.1, 0.15) is 5.75 Å². The third kappa shape index (κ3) is 2.71. The molecule has 18 heavy (non-hydrogen) atoms. The largest absolute Gasteiger partial charge is 0.496 e.